The standard InChI is InChI=1S/C14H8F4N2O2/c15-8-7-12(21)14-19-5-3-1-2-4-6(5)20(14)22-13(7)11(18)10(17)9(8)16/h1-4H2. The molecule has 1 aromatic carbocycles. The van der Waals surface area contributed by atoms with Crippen LogP contribution in [0.2, 0.25) is 0 Å². The maximum Gasteiger partial charge on any atom is 0.238 e. The van der Waals surface area contributed by atoms with E-state index in [1.165, 1.54) is 0 Å². The largest absolute Gasteiger partial charge is 0.369 e. The predicted octanol–water partition coefficient (Wildman–Crippen LogP) is 2.88. The van der Waals surface area contributed by atoms with Gasteiger partial charge in [0, 0.05) is 0 Å². The van der Waals surface area contributed by atoms with E-state index in [0.717, 1.165) is 17.4 Å². The molecule has 22 heavy (non-hydrogen) atoms. The van der Waals surface area contributed by atoms with Crippen LogP contribution in [0.3, 0.4) is 0 Å². The molecule has 4 nitrogen and oxygen atoms in total. The van der Waals surface area contributed by atoms with E-state index < -0.39 is 39.7 Å². The number of nitrogens with zero attached hydrogens (tertiary/aromatic N) is 2. The van der Waals surface area contributed by atoms with E-state index in [9.17, 15) is 22.4 Å². The molecule has 0 aliphatic heterocycles. The minimum Gasteiger partial charge on any atom is -0.369 e. The molecule has 1 aliphatic carbocycles. The lowest BCUT2D eigenvalue weighted by molar-refractivity contribution is 0.353. The summed E-state index contributed by atoms with van der Waals surface area (Å²) in [4.78, 5) is 16.4. The van der Waals surface area contributed by atoms with Crippen LogP contribution < -0.4 is 5.43 Å². The van der Waals surface area contributed by atoms with Crippen molar-refractivity contribution >= 4 is 16.6 Å². The zero-order valence-electron chi connectivity index (χ0n) is 11.1. The van der Waals surface area contributed by atoms with Crippen molar-refractivity contribution < 1.29 is 22.1 Å². The smallest absolute Gasteiger partial charge is 0.238 e. The van der Waals surface area contributed by atoms with E-state index in [2.05, 4.69) is 4.98 Å². The molecule has 0 fully saturated rings. The Hall–Kier alpha value is -2.38. The first-order chi connectivity index (χ1) is 10.5. The van der Waals surface area contributed by atoms with Gasteiger partial charge in [-0.15, -0.1) is 0 Å². The first-order valence-electron chi connectivity index (χ1n) is 6.70. The number of hydrogen-bond donors (Lipinski definition) is 0. The summed E-state index contributed by atoms with van der Waals surface area (Å²) in [5, 5.41) is -0.966. The molecule has 0 saturated carbocycles. The zero-order chi connectivity index (χ0) is 15.6. The summed E-state index contributed by atoms with van der Waals surface area (Å²) < 4.78 is 60.5. The molecule has 1 aliphatic rings. The number of rotatable bonds is 0. The monoisotopic (exact) mass is 312 g/mol. The Morgan fingerprint density at radius 1 is 0.955 bits per heavy atom. The quantitative estimate of drug-likeness (QED) is 0.364. The number of benzene rings is 1. The summed E-state index contributed by atoms with van der Waals surface area (Å²) in [5.74, 6) is -7.56. The topological polar surface area (TPSA) is 47.5 Å². The molecular formula is C14H8F4N2O2. The van der Waals surface area contributed by atoms with Crippen LogP contribution in [0.15, 0.2) is 9.32 Å². The fourth-order valence-corrected chi connectivity index (χ4v) is 2.86. The van der Waals surface area contributed by atoms with Crippen molar-refractivity contribution in [3.8, 4) is 0 Å². The summed E-state index contributed by atoms with van der Waals surface area (Å²) in [6.07, 6.45) is 2.86. The normalized spacial score (nSPS) is 14.7. The number of hydrogen-bond acceptors (Lipinski definition) is 3. The van der Waals surface area contributed by atoms with Gasteiger partial charge in [0.2, 0.25) is 28.3 Å². The number of imidazole rings is 1. The molecule has 0 atom stereocenters. The Morgan fingerprint density at radius 3 is 2.41 bits per heavy atom. The van der Waals surface area contributed by atoms with Crippen LogP contribution in [-0.4, -0.2) is 9.56 Å². The fourth-order valence-electron chi connectivity index (χ4n) is 2.86. The molecule has 3 aromatic rings. The van der Waals surface area contributed by atoms with Crippen molar-refractivity contribution in [3.05, 3.63) is 44.9 Å². The van der Waals surface area contributed by atoms with Crippen molar-refractivity contribution in [1.29, 1.82) is 0 Å². The average Bonchev–Trinajstić information content (AvgIpc) is 2.90. The SMILES string of the molecule is O=c1c2c(F)c(F)c(F)c(F)c2on2c3c(nc12)CCCC3. The number of halogens is 4. The van der Waals surface area contributed by atoms with E-state index in [-0.39, 0.29) is 5.65 Å². The first-order valence-corrected chi connectivity index (χ1v) is 6.70. The van der Waals surface area contributed by atoms with Gasteiger partial charge in [0.25, 0.3) is 0 Å². The van der Waals surface area contributed by atoms with E-state index >= 15 is 0 Å². The lowest BCUT2D eigenvalue weighted by Gasteiger charge is -2.09. The van der Waals surface area contributed by atoms with Gasteiger partial charge in [-0.2, -0.15) is 8.96 Å². The van der Waals surface area contributed by atoms with Crippen LogP contribution in [0.25, 0.3) is 16.6 Å². The summed E-state index contributed by atoms with van der Waals surface area (Å²) in [6.45, 7) is 0. The minimum atomic E-state index is -2.04. The van der Waals surface area contributed by atoms with Crippen LogP contribution in [0.4, 0.5) is 17.6 Å². The van der Waals surface area contributed by atoms with Gasteiger partial charge in [0.1, 0.15) is 5.39 Å². The molecule has 2 heterocycles. The number of aromatic nitrogens is 2. The highest BCUT2D eigenvalue weighted by atomic mass is 19.2. The van der Waals surface area contributed by atoms with Gasteiger partial charge in [-0.05, 0) is 25.7 Å². The van der Waals surface area contributed by atoms with Crippen molar-refractivity contribution in [2.24, 2.45) is 0 Å². The van der Waals surface area contributed by atoms with Crippen molar-refractivity contribution in [1.82, 2.24) is 9.56 Å². The fraction of sp³-hybridized carbons (Fsp3) is 0.286. The summed E-state index contributed by atoms with van der Waals surface area (Å²) in [7, 11) is 0. The highest BCUT2D eigenvalue weighted by Gasteiger charge is 2.28. The molecule has 0 amide bonds. The molecule has 0 spiro atoms. The molecule has 0 unspecified atom stereocenters. The van der Waals surface area contributed by atoms with Crippen LogP contribution in [0, 0.1) is 23.3 Å². The maximum atomic E-state index is 13.8. The Balaban J connectivity index is 2.26. The molecule has 0 bridgehead atoms. The van der Waals surface area contributed by atoms with Crippen molar-refractivity contribution in [2.75, 3.05) is 0 Å². The van der Waals surface area contributed by atoms with Crippen LogP contribution in [-0.2, 0) is 12.8 Å². The molecule has 4 rings (SSSR count). The summed E-state index contributed by atoms with van der Waals surface area (Å²) >= 11 is 0. The van der Waals surface area contributed by atoms with E-state index in [0.29, 0.717) is 24.2 Å². The van der Waals surface area contributed by atoms with E-state index in [4.69, 9.17) is 4.52 Å². The molecule has 0 saturated heterocycles. The third-order valence-corrected chi connectivity index (χ3v) is 3.93. The lowest BCUT2D eigenvalue weighted by Crippen LogP contribution is -2.13. The molecule has 0 radical (unpaired) electrons. The molecule has 8 heteroatoms. The first kappa shape index (κ1) is 13.3. The van der Waals surface area contributed by atoms with Crippen molar-refractivity contribution in [2.45, 2.75) is 25.7 Å². The summed E-state index contributed by atoms with van der Waals surface area (Å²) in [6, 6.07) is 0. The van der Waals surface area contributed by atoms with Gasteiger partial charge < -0.3 is 4.52 Å². The van der Waals surface area contributed by atoms with Gasteiger partial charge in [-0.1, -0.05) is 0 Å². The van der Waals surface area contributed by atoms with Gasteiger partial charge in [0.05, 0.1) is 11.4 Å². The molecule has 114 valence electrons. The van der Waals surface area contributed by atoms with E-state index in [1.807, 2.05) is 0 Å². The second kappa shape index (κ2) is 4.31. The second-order valence-electron chi connectivity index (χ2n) is 5.21. The highest BCUT2D eigenvalue weighted by Crippen LogP contribution is 2.27. The summed E-state index contributed by atoms with van der Waals surface area (Å²) in [5.41, 5.74) is -1.04. The molecule has 0 N–H and O–H groups in total. The van der Waals surface area contributed by atoms with Crippen LogP contribution in [0.5, 0.6) is 0 Å². The van der Waals surface area contributed by atoms with Gasteiger partial charge >= 0.3 is 0 Å². The van der Waals surface area contributed by atoms with E-state index in [1.54, 1.807) is 0 Å². The number of aryl methyl sites for hydroxylation is 2. The Morgan fingerprint density at radius 2 is 1.64 bits per heavy atom. The third-order valence-electron chi connectivity index (χ3n) is 3.93. The average molecular weight is 312 g/mol. The zero-order valence-corrected chi connectivity index (χ0v) is 11.1. The van der Waals surface area contributed by atoms with Gasteiger partial charge in [-0.3, -0.25) is 4.79 Å². The Bertz CT molecular complexity index is 1010. The Kier molecular flexibility index (Phi) is 2.60. The molecule has 2 aromatic heterocycles. The predicted molar refractivity (Wildman–Crippen MR) is 67.7 cm³/mol. The van der Waals surface area contributed by atoms with Crippen LogP contribution >= 0.6 is 0 Å². The highest BCUT2D eigenvalue weighted by molar-refractivity contribution is 5.80. The van der Waals surface area contributed by atoms with Crippen LogP contribution in [0.1, 0.15) is 24.2 Å². The van der Waals surface area contributed by atoms with Crippen molar-refractivity contribution in [3.63, 3.8) is 0 Å². The number of fused-ring (bicyclic) bond motifs is 4. The minimum absolute atomic E-state index is 0.247. The molecular weight excluding hydrogens is 304 g/mol. The van der Waals surface area contributed by atoms with Gasteiger partial charge in [0.15, 0.2) is 11.6 Å². The Labute approximate surface area is 119 Å². The third kappa shape index (κ3) is 1.52. The maximum absolute atomic E-state index is 13.8. The lowest BCUT2D eigenvalue weighted by atomic mass is 10.0. The van der Waals surface area contributed by atoms with Gasteiger partial charge in [-0.25, -0.2) is 18.2 Å². The second-order valence-corrected chi connectivity index (χ2v) is 5.21.